The number of carbonyl (C=O) groups is 1. The predicted molar refractivity (Wildman–Crippen MR) is 68.2 cm³/mol. The lowest BCUT2D eigenvalue weighted by Crippen LogP contribution is -2.27. The quantitative estimate of drug-likeness (QED) is 0.761. The third kappa shape index (κ3) is 2.58. The number of primary amides is 1. The van der Waals surface area contributed by atoms with Crippen molar-refractivity contribution in [2.45, 2.75) is 19.9 Å². The zero-order valence-corrected chi connectivity index (χ0v) is 10.1. The van der Waals surface area contributed by atoms with Crippen LogP contribution >= 0.6 is 0 Å². The maximum absolute atomic E-state index is 11.1. The van der Waals surface area contributed by atoms with Gasteiger partial charge in [0, 0.05) is 18.8 Å². The lowest BCUT2D eigenvalue weighted by molar-refractivity contribution is -0.121. The fourth-order valence-corrected chi connectivity index (χ4v) is 2.32. The molecule has 4 nitrogen and oxygen atoms in total. The van der Waals surface area contributed by atoms with Crippen LogP contribution in [0.1, 0.15) is 17.5 Å². The van der Waals surface area contributed by atoms with Gasteiger partial charge in [-0.3, -0.25) is 9.69 Å². The molecule has 1 aliphatic heterocycles. The highest BCUT2D eigenvalue weighted by Gasteiger charge is 2.26. The van der Waals surface area contributed by atoms with Gasteiger partial charge in [-0.05, 0) is 37.1 Å². The van der Waals surface area contributed by atoms with Crippen molar-refractivity contribution < 1.29 is 4.79 Å². The molecule has 0 aromatic heterocycles. The summed E-state index contributed by atoms with van der Waals surface area (Å²) in [6.07, 6.45) is 0.872. The number of amides is 1. The van der Waals surface area contributed by atoms with E-state index in [0.717, 1.165) is 37.3 Å². The number of benzene rings is 1. The molecule has 2 rings (SSSR count). The molecule has 4 heteroatoms. The fourth-order valence-electron chi connectivity index (χ4n) is 2.32. The molecule has 1 atom stereocenters. The van der Waals surface area contributed by atoms with Crippen molar-refractivity contribution >= 4 is 11.6 Å². The van der Waals surface area contributed by atoms with Crippen molar-refractivity contribution in [1.82, 2.24) is 4.90 Å². The number of rotatable bonds is 3. The van der Waals surface area contributed by atoms with Crippen LogP contribution in [-0.2, 0) is 11.3 Å². The van der Waals surface area contributed by atoms with Crippen LogP contribution in [0.15, 0.2) is 18.2 Å². The van der Waals surface area contributed by atoms with E-state index in [9.17, 15) is 4.79 Å². The lowest BCUT2D eigenvalue weighted by atomic mass is 10.1. The van der Waals surface area contributed by atoms with E-state index in [-0.39, 0.29) is 11.8 Å². The first kappa shape index (κ1) is 11.9. The number of nitrogens with two attached hydrogens (primary N) is 2. The van der Waals surface area contributed by atoms with Gasteiger partial charge in [0.2, 0.25) is 5.91 Å². The van der Waals surface area contributed by atoms with E-state index in [1.54, 1.807) is 0 Å². The molecule has 1 aromatic rings. The molecule has 1 heterocycles. The van der Waals surface area contributed by atoms with Crippen molar-refractivity contribution in [3.8, 4) is 0 Å². The van der Waals surface area contributed by atoms with E-state index in [0.29, 0.717) is 0 Å². The fraction of sp³-hybridized carbons (Fsp3) is 0.462. The van der Waals surface area contributed by atoms with Crippen LogP contribution in [0.25, 0.3) is 0 Å². The molecule has 92 valence electrons. The Hall–Kier alpha value is -1.55. The predicted octanol–water partition coefficient (Wildman–Crippen LogP) is 0.884. The number of carbonyl (C=O) groups excluding carboxylic acids is 1. The number of anilines is 1. The summed E-state index contributed by atoms with van der Waals surface area (Å²) in [6, 6.07) is 5.97. The van der Waals surface area contributed by atoms with Crippen molar-refractivity contribution in [1.29, 1.82) is 0 Å². The minimum atomic E-state index is -0.184. The third-order valence-electron chi connectivity index (χ3n) is 3.56. The molecule has 0 aliphatic carbocycles. The molecule has 1 aliphatic rings. The van der Waals surface area contributed by atoms with Crippen LogP contribution in [0.4, 0.5) is 5.69 Å². The largest absolute Gasteiger partial charge is 0.399 e. The second-order valence-corrected chi connectivity index (χ2v) is 4.75. The number of hydrogen-bond acceptors (Lipinski definition) is 3. The molecule has 0 radical (unpaired) electrons. The average molecular weight is 233 g/mol. The van der Waals surface area contributed by atoms with Crippen LogP contribution in [0.2, 0.25) is 0 Å². The molecule has 0 spiro atoms. The van der Waals surface area contributed by atoms with Gasteiger partial charge in [-0.25, -0.2) is 0 Å². The minimum absolute atomic E-state index is 0.0105. The summed E-state index contributed by atoms with van der Waals surface area (Å²) in [5.74, 6) is -0.173. The highest BCUT2D eigenvalue weighted by Crippen LogP contribution is 2.22. The van der Waals surface area contributed by atoms with Gasteiger partial charge in [0.05, 0.1) is 5.92 Å². The molecule has 4 N–H and O–H groups in total. The van der Waals surface area contributed by atoms with Crippen molar-refractivity contribution in [3.05, 3.63) is 29.3 Å². The number of hydrogen-bond donors (Lipinski definition) is 2. The first-order chi connectivity index (χ1) is 8.08. The normalized spacial score (nSPS) is 20.6. The molecule has 1 fully saturated rings. The van der Waals surface area contributed by atoms with Gasteiger partial charge in [-0.15, -0.1) is 0 Å². The molecular formula is C13H19N3O. The highest BCUT2D eigenvalue weighted by molar-refractivity contribution is 5.77. The number of likely N-dealkylation sites (tertiary alicyclic amines) is 1. The topological polar surface area (TPSA) is 72.3 Å². The van der Waals surface area contributed by atoms with E-state index in [1.165, 1.54) is 5.56 Å². The van der Waals surface area contributed by atoms with Gasteiger partial charge in [-0.2, -0.15) is 0 Å². The van der Waals surface area contributed by atoms with E-state index >= 15 is 0 Å². The molecule has 17 heavy (non-hydrogen) atoms. The summed E-state index contributed by atoms with van der Waals surface area (Å²) in [5.41, 5.74) is 14.4. The summed E-state index contributed by atoms with van der Waals surface area (Å²) < 4.78 is 0. The van der Waals surface area contributed by atoms with Gasteiger partial charge in [-0.1, -0.05) is 12.1 Å². The van der Waals surface area contributed by atoms with Crippen LogP contribution < -0.4 is 11.5 Å². The second kappa shape index (κ2) is 4.75. The van der Waals surface area contributed by atoms with Crippen LogP contribution in [0.5, 0.6) is 0 Å². The summed E-state index contributed by atoms with van der Waals surface area (Å²) >= 11 is 0. The van der Waals surface area contributed by atoms with Gasteiger partial charge in [0.1, 0.15) is 0 Å². The zero-order chi connectivity index (χ0) is 12.4. The Morgan fingerprint density at radius 1 is 1.53 bits per heavy atom. The third-order valence-corrected chi connectivity index (χ3v) is 3.56. The first-order valence-corrected chi connectivity index (χ1v) is 5.93. The Kier molecular flexibility index (Phi) is 3.33. The van der Waals surface area contributed by atoms with Crippen LogP contribution in [0.3, 0.4) is 0 Å². The molecule has 1 unspecified atom stereocenters. The van der Waals surface area contributed by atoms with Crippen molar-refractivity contribution in [2.75, 3.05) is 18.8 Å². The molecule has 0 saturated carbocycles. The Labute approximate surface area is 102 Å². The van der Waals surface area contributed by atoms with E-state index in [2.05, 4.69) is 11.0 Å². The van der Waals surface area contributed by atoms with E-state index < -0.39 is 0 Å². The second-order valence-electron chi connectivity index (χ2n) is 4.75. The lowest BCUT2D eigenvalue weighted by Gasteiger charge is -2.17. The highest BCUT2D eigenvalue weighted by atomic mass is 16.1. The minimum Gasteiger partial charge on any atom is -0.399 e. The Morgan fingerprint density at radius 3 is 2.94 bits per heavy atom. The Bertz CT molecular complexity index is 431. The maximum atomic E-state index is 11.1. The average Bonchev–Trinajstić information content (AvgIpc) is 2.73. The standard InChI is InChI=1S/C13H19N3O/c1-9-10(3-2-4-12(9)14)7-16-6-5-11(8-16)13(15)17/h2-4,11H,5-8,14H2,1H3,(H2,15,17). The van der Waals surface area contributed by atoms with Crippen molar-refractivity contribution in [3.63, 3.8) is 0 Å². The van der Waals surface area contributed by atoms with Gasteiger partial charge in [0.15, 0.2) is 0 Å². The van der Waals surface area contributed by atoms with Crippen LogP contribution in [0, 0.1) is 12.8 Å². The van der Waals surface area contributed by atoms with E-state index in [1.807, 2.05) is 19.1 Å². The smallest absolute Gasteiger partial charge is 0.221 e. The number of nitrogen functional groups attached to an aromatic ring is 1. The number of nitrogens with zero attached hydrogens (tertiary/aromatic N) is 1. The van der Waals surface area contributed by atoms with Crippen molar-refractivity contribution in [2.24, 2.45) is 11.7 Å². The van der Waals surface area contributed by atoms with E-state index in [4.69, 9.17) is 11.5 Å². The summed E-state index contributed by atoms with van der Waals surface area (Å²) in [5, 5.41) is 0. The Morgan fingerprint density at radius 2 is 2.29 bits per heavy atom. The van der Waals surface area contributed by atoms with Gasteiger partial charge in [0.25, 0.3) is 0 Å². The monoisotopic (exact) mass is 233 g/mol. The van der Waals surface area contributed by atoms with Gasteiger partial charge < -0.3 is 11.5 Å². The van der Waals surface area contributed by atoms with Crippen LogP contribution in [-0.4, -0.2) is 23.9 Å². The summed E-state index contributed by atoms with van der Waals surface area (Å²) in [7, 11) is 0. The molecule has 1 amide bonds. The van der Waals surface area contributed by atoms with Gasteiger partial charge >= 0.3 is 0 Å². The first-order valence-electron chi connectivity index (χ1n) is 5.93. The molecule has 1 saturated heterocycles. The summed E-state index contributed by atoms with van der Waals surface area (Å²) in [4.78, 5) is 13.4. The summed E-state index contributed by atoms with van der Waals surface area (Å²) in [6.45, 7) is 4.58. The Balaban J connectivity index is 2.03. The molecular weight excluding hydrogens is 214 g/mol. The maximum Gasteiger partial charge on any atom is 0.221 e. The molecule has 0 bridgehead atoms. The molecule has 1 aromatic carbocycles. The SMILES string of the molecule is Cc1c(N)cccc1CN1CCC(C(N)=O)C1. The zero-order valence-electron chi connectivity index (χ0n) is 10.1.